The predicted octanol–water partition coefficient (Wildman–Crippen LogP) is 4.53. The number of ether oxygens (including phenoxy) is 1. The lowest BCUT2D eigenvalue weighted by Crippen LogP contribution is -2.29. The molecule has 2 heteroatoms. The molecule has 0 radical (unpaired) electrons. The molecule has 1 aliphatic heterocycles. The van der Waals surface area contributed by atoms with Gasteiger partial charge in [-0.2, -0.15) is 11.8 Å². The maximum atomic E-state index is 5.83. The fourth-order valence-corrected chi connectivity index (χ4v) is 3.85. The van der Waals surface area contributed by atoms with Crippen LogP contribution in [0.25, 0.3) is 0 Å². The highest BCUT2D eigenvalue weighted by Crippen LogP contribution is 2.36. The summed E-state index contributed by atoms with van der Waals surface area (Å²) in [5.74, 6) is 1.32. The van der Waals surface area contributed by atoms with E-state index in [2.05, 4.69) is 24.9 Å². The quantitative estimate of drug-likeness (QED) is 0.670. The zero-order chi connectivity index (χ0) is 11.3. The van der Waals surface area contributed by atoms with Crippen molar-refractivity contribution in [1.82, 2.24) is 0 Å². The fourth-order valence-electron chi connectivity index (χ4n) is 2.57. The van der Waals surface area contributed by atoms with E-state index in [4.69, 9.17) is 4.74 Å². The third-order valence-corrected chi connectivity index (χ3v) is 5.20. The Labute approximate surface area is 104 Å². The Bertz CT molecular complexity index is 233. The molecule has 92 valence electrons. The highest BCUT2D eigenvalue weighted by molar-refractivity contribution is 8.00. The van der Waals surface area contributed by atoms with Gasteiger partial charge in [-0.05, 0) is 56.8 Å². The van der Waals surface area contributed by atoms with Gasteiger partial charge in [0.25, 0.3) is 0 Å². The molecule has 0 aromatic carbocycles. The van der Waals surface area contributed by atoms with E-state index in [1.165, 1.54) is 62.7 Å². The van der Waals surface area contributed by atoms with Crippen molar-refractivity contribution in [2.45, 2.75) is 63.0 Å². The molecule has 1 atom stereocenters. The van der Waals surface area contributed by atoms with Gasteiger partial charge >= 0.3 is 0 Å². The lowest BCUT2D eigenvalue weighted by molar-refractivity contribution is 0.206. The minimum absolute atomic E-state index is 0.379. The van der Waals surface area contributed by atoms with Crippen LogP contribution in [0.1, 0.15) is 58.3 Å². The molecule has 0 N–H and O–H groups in total. The van der Waals surface area contributed by atoms with Crippen LogP contribution in [0.5, 0.6) is 0 Å². The Morgan fingerprint density at radius 1 is 1.19 bits per heavy atom. The third-order valence-electron chi connectivity index (χ3n) is 3.68. The minimum Gasteiger partial charge on any atom is -0.500 e. The zero-order valence-electron chi connectivity index (χ0n) is 10.5. The lowest BCUT2D eigenvalue weighted by atomic mass is 9.96. The SMILES string of the molecule is CC1(COC=C2CCCCC2)CCCCS1. The Morgan fingerprint density at radius 3 is 2.69 bits per heavy atom. The standard InChI is InChI=1S/C14H24OS/c1-14(9-5-6-10-16-14)12-15-11-13-7-3-2-4-8-13/h11H,2-10,12H2,1H3. The van der Waals surface area contributed by atoms with Gasteiger partial charge in [-0.3, -0.25) is 0 Å². The van der Waals surface area contributed by atoms with E-state index in [-0.39, 0.29) is 0 Å². The molecule has 0 amide bonds. The second kappa shape index (κ2) is 6.00. The van der Waals surface area contributed by atoms with Gasteiger partial charge in [0.2, 0.25) is 0 Å². The van der Waals surface area contributed by atoms with Gasteiger partial charge in [-0.1, -0.05) is 12.8 Å². The maximum Gasteiger partial charge on any atom is 0.102 e. The molecule has 0 aromatic rings. The third kappa shape index (κ3) is 3.73. The molecular weight excluding hydrogens is 216 g/mol. The molecule has 16 heavy (non-hydrogen) atoms. The molecule has 2 fully saturated rings. The van der Waals surface area contributed by atoms with E-state index >= 15 is 0 Å². The van der Waals surface area contributed by atoms with E-state index in [0.717, 1.165) is 6.61 Å². The van der Waals surface area contributed by atoms with Gasteiger partial charge in [0.1, 0.15) is 6.61 Å². The number of hydrogen-bond acceptors (Lipinski definition) is 2. The maximum absolute atomic E-state index is 5.83. The van der Waals surface area contributed by atoms with Crippen LogP contribution in [0.4, 0.5) is 0 Å². The van der Waals surface area contributed by atoms with E-state index < -0.39 is 0 Å². The first-order valence-electron chi connectivity index (χ1n) is 6.72. The molecule has 1 saturated carbocycles. The summed E-state index contributed by atoms with van der Waals surface area (Å²) in [6.45, 7) is 3.26. The Kier molecular flexibility index (Phi) is 4.63. The van der Waals surface area contributed by atoms with E-state index in [1.54, 1.807) is 0 Å². The fraction of sp³-hybridized carbons (Fsp3) is 0.857. The topological polar surface area (TPSA) is 9.23 Å². The second-order valence-electron chi connectivity index (χ2n) is 5.40. The van der Waals surface area contributed by atoms with Crippen LogP contribution in [0.3, 0.4) is 0 Å². The van der Waals surface area contributed by atoms with E-state index in [9.17, 15) is 0 Å². The molecule has 1 heterocycles. The van der Waals surface area contributed by atoms with Gasteiger partial charge in [0.15, 0.2) is 0 Å². The van der Waals surface area contributed by atoms with Gasteiger partial charge in [0.05, 0.1) is 6.26 Å². The van der Waals surface area contributed by atoms with Crippen molar-refractivity contribution in [3.05, 3.63) is 11.8 Å². The van der Waals surface area contributed by atoms with Gasteiger partial charge in [-0.15, -0.1) is 0 Å². The van der Waals surface area contributed by atoms with Gasteiger partial charge < -0.3 is 4.74 Å². The minimum atomic E-state index is 0.379. The summed E-state index contributed by atoms with van der Waals surface area (Å²) in [6, 6.07) is 0. The molecular formula is C14H24OS. The monoisotopic (exact) mass is 240 g/mol. The Morgan fingerprint density at radius 2 is 2.00 bits per heavy atom. The average molecular weight is 240 g/mol. The molecule has 2 rings (SSSR count). The first-order valence-corrected chi connectivity index (χ1v) is 7.71. The molecule has 2 aliphatic rings. The van der Waals surface area contributed by atoms with Crippen molar-refractivity contribution < 1.29 is 4.74 Å². The van der Waals surface area contributed by atoms with E-state index in [0.29, 0.717) is 4.75 Å². The molecule has 0 bridgehead atoms. The average Bonchev–Trinajstić information content (AvgIpc) is 2.31. The number of hydrogen-bond donors (Lipinski definition) is 0. The molecule has 1 nitrogen and oxygen atoms in total. The largest absolute Gasteiger partial charge is 0.500 e. The zero-order valence-corrected chi connectivity index (χ0v) is 11.3. The van der Waals surface area contributed by atoms with Crippen molar-refractivity contribution >= 4 is 11.8 Å². The second-order valence-corrected chi connectivity index (χ2v) is 7.09. The van der Waals surface area contributed by atoms with E-state index in [1.807, 2.05) is 0 Å². The first-order chi connectivity index (χ1) is 7.79. The van der Waals surface area contributed by atoms with Crippen LogP contribution in [0.15, 0.2) is 11.8 Å². The normalized spacial score (nSPS) is 31.2. The summed E-state index contributed by atoms with van der Waals surface area (Å²) >= 11 is 2.10. The lowest BCUT2D eigenvalue weighted by Gasteiger charge is -2.32. The predicted molar refractivity (Wildman–Crippen MR) is 71.8 cm³/mol. The van der Waals surface area contributed by atoms with Crippen LogP contribution in [-0.4, -0.2) is 17.1 Å². The number of allylic oxidation sites excluding steroid dienone is 1. The summed E-state index contributed by atoms with van der Waals surface area (Å²) in [6.07, 6.45) is 12.8. The van der Waals surface area contributed by atoms with Crippen molar-refractivity contribution in [2.75, 3.05) is 12.4 Å². The highest BCUT2D eigenvalue weighted by Gasteiger charge is 2.27. The molecule has 0 spiro atoms. The Balaban J connectivity index is 1.73. The molecule has 1 unspecified atom stereocenters. The van der Waals surface area contributed by atoms with Gasteiger partial charge in [-0.25, -0.2) is 0 Å². The van der Waals surface area contributed by atoms with Crippen molar-refractivity contribution in [3.63, 3.8) is 0 Å². The molecule has 1 aliphatic carbocycles. The van der Waals surface area contributed by atoms with Crippen LogP contribution in [0.2, 0.25) is 0 Å². The smallest absolute Gasteiger partial charge is 0.102 e. The van der Waals surface area contributed by atoms with Crippen LogP contribution >= 0.6 is 11.8 Å². The molecule has 0 aromatic heterocycles. The Hall–Kier alpha value is -0.110. The summed E-state index contributed by atoms with van der Waals surface area (Å²) in [7, 11) is 0. The molecule has 1 saturated heterocycles. The van der Waals surface area contributed by atoms with Crippen molar-refractivity contribution in [2.24, 2.45) is 0 Å². The number of rotatable bonds is 3. The highest BCUT2D eigenvalue weighted by atomic mass is 32.2. The van der Waals surface area contributed by atoms with Crippen LogP contribution in [0, 0.1) is 0 Å². The number of thioether (sulfide) groups is 1. The summed E-state index contributed by atoms with van der Waals surface area (Å²) in [4.78, 5) is 0. The summed E-state index contributed by atoms with van der Waals surface area (Å²) < 4.78 is 6.21. The first kappa shape index (κ1) is 12.3. The van der Waals surface area contributed by atoms with Crippen molar-refractivity contribution in [1.29, 1.82) is 0 Å². The van der Waals surface area contributed by atoms with Crippen LogP contribution in [-0.2, 0) is 4.74 Å². The van der Waals surface area contributed by atoms with Crippen LogP contribution < -0.4 is 0 Å². The van der Waals surface area contributed by atoms with Crippen molar-refractivity contribution in [3.8, 4) is 0 Å². The van der Waals surface area contributed by atoms with Gasteiger partial charge in [0, 0.05) is 4.75 Å². The summed E-state index contributed by atoms with van der Waals surface area (Å²) in [5.41, 5.74) is 1.54. The summed E-state index contributed by atoms with van der Waals surface area (Å²) in [5, 5.41) is 0.